The van der Waals surface area contributed by atoms with E-state index in [0.717, 1.165) is 41.1 Å². The number of halogens is 1. The van der Waals surface area contributed by atoms with Crippen molar-refractivity contribution in [3.8, 4) is 5.75 Å². The average Bonchev–Trinajstić information content (AvgIpc) is 3.40. The third kappa shape index (κ3) is 2.65. The van der Waals surface area contributed by atoms with Crippen molar-refractivity contribution in [3.63, 3.8) is 0 Å². The average molecular weight is 407 g/mol. The number of ether oxygens (including phenoxy) is 2. The van der Waals surface area contributed by atoms with Crippen LogP contribution in [0.25, 0.3) is 10.9 Å². The van der Waals surface area contributed by atoms with Gasteiger partial charge in [-0.2, -0.15) is 0 Å². The number of hydrogen-bond donors (Lipinski definition) is 1. The van der Waals surface area contributed by atoms with E-state index in [1.807, 2.05) is 12.1 Å². The van der Waals surface area contributed by atoms with Crippen molar-refractivity contribution < 1.29 is 18.7 Å². The maximum atomic E-state index is 13.9. The Hall–Kier alpha value is -3.22. The summed E-state index contributed by atoms with van der Waals surface area (Å²) < 4.78 is 27.0. The molecular weight excluding hydrogens is 385 g/mol. The number of rotatable bonds is 4. The number of anilines is 2. The van der Waals surface area contributed by atoms with E-state index in [2.05, 4.69) is 20.9 Å². The van der Waals surface area contributed by atoms with Gasteiger partial charge in [0.1, 0.15) is 30.0 Å². The number of benzene rings is 2. The van der Waals surface area contributed by atoms with Crippen molar-refractivity contribution in [1.82, 2.24) is 4.57 Å². The van der Waals surface area contributed by atoms with Crippen molar-refractivity contribution in [2.45, 2.75) is 25.6 Å². The third-order valence-electron chi connectivity index (χ3n) is 6.29. The molecule has 7 heteroatoms. The summed E-state index contributed by atoms with van der Waals surface area (Å²) in [6.45, 7) is 2.20. The summed E-state index contributed by atoms with van der Waals surface area (Å²) in [6, 6.07) is 10.7. The van der Waals surface area contributed by atoms with Gasteiger partial charge in [-0.05, 0) is 55.2 Å². The summed E-state index contributed by atoms with van der Waals surface area (Å²) in [5, 5.41) is 4.49. The minimum Gasteiger partial charge on any atom is -0.489 e. The predicted molar refractivity (Wildman–Crippen MR) is 112 cm³/mol. The molecule has 1 aliphatic carbocycles. The Bertz CT molecular complexity index is 1180. The van der Waals surface area contributed by atoms with Gasteiger partial charge in [0.15, 0.2) is 0 Å². The van der Waals surface area contributed by atoms with Crippen LogP contribution in [0.5, 0.6) is 5.75 Å². The van der Waals surface area contributed by atoms with E-state index in [-0.39, 0.29) is 12.0 Å². The molecule has 1 aromatic heterocycles. The Balaban J connectivity index is 1.47. The number of nitrogens with one attached hydrogen (secondary N) is 1. The second-order valence-corrected chi connectivity index (χ2v) is 8.28. The van der Waals surface area contributed by atoms with Crippen molar-refractivity contribution in [3.05, 3.63) is 53.5 Å². The molecular formula is C23H22FN3O3. The molecule has 3 aromatic rings. The lowest BCUT2D eigenvalue weighted by Crippen LogP contribution is -2.35. The van der Waals surface area contributed by atoms with Gasteiger partial charge in [0.2, 0.25) is 0 Å². The Kier molecular flexibility index (Phi) is 3.75. The number of aromatic nitrogens is 1. The molecule has 0 saturated heterocycles. The molecule has 1 atom stereocenters. The normalized spacial score (nSPS) is 19.4. The lowest BCUT2D eigenvalue weighted by atomic mass is 10.1. The molecule has 1 N–H and O–H groups in total. The molecule has 2 aromatic carbocycles. The summed E-state index contributed by atoms with van der Waals surface area (Å²) >= 11 is 0. The molecule has 0 spiro atoms. The zero-order valence-corrected chi connectivity index (χ0v) is 16.7. The third-order valence-corrected chi connectivity index (χ3v) is 6.29. The molecule has 0 amide bonds. The van der Waals surface area contributed by atoms with Crippen molar-refractivity contribution in [2.24, 2.45) is 5.92 Å². The number of fused-ring (bicyclic) bond motifs is 1. The molecule has 0 bridgehead atoms. The van der Waals surface area contributed by atoms with Gasteiger partial charge in [-0.15, -0.1) is 0 Å². The van der Waals surface area contributed by atoms with Gasteiger partial charge in [0.05, 0.1) is 30.6 Å². The van der Waals surface area contributed by atoms with Crippen LogP contribution in [-0.2, 0) is 11.3 Å². The highest BCUT2D eigenvalue weighted by molar-refractivity contribution is 5.96. The molecule has 1 unspecified atom stereocenters. The number of esters is 1. The standard InChI is InChI=1S/C23H22FN3O3/c1-29-23(28)15-9-17-21-20(11-15)30-7-6-26(21)22(25-17)19-10-14-8-16(24)4-5-18(14)27(19)12-13-2-3-13/h4-5,8-11,13,22,25H,2-3,6-7,12H2,1H3. The zero-order valence-electron chi connectivity index (χ0n) is 16.7. The van der Waals surface area contributed by atoms with Gasteiger partial charge in [0, 0.05) is 17.4 Å². The van der Waals surface area contributed by atoms with Crippen LogP contribution in [0, 0.1) is 11.7 Å². The van der Waals surface area contributed by atoms with Gasteiger partial charge in [0.25, 0.3) is 0 Å². The van der Waals surface area contributed by atoms with Crippen LogP contribution in [0.15, 0.2) is 36.4 Å². The van der Waals surface area contributed by atoms with E-state index in [1.54, 1.807) is 12.1 Å². The first kappa shape index (κ1) is 17.6. The zero-order chi connectivity index (χ0) is 20.4. The minimum absolute atomic E-state index is 0.107. The fraction of sp³-hybridized carbons (Fsp3) is 0.348. The first-order valence-corrected chi connectivity index (χ1v) is 10.3. The predicted octanol–water partition coefficient (Wildman–Crippen LogP) is 4.30. The quantitative estimate of drug-likeness (QED) is 0.654. The lowest BCUT2D eigenvalue weighted by Gasteiger charge is -2.32. The van der Waals surface area contributed by atoms with Gasteiger partial charge in [-0.1, -0.05) is 0 Å². The highest BCUT2D eigenvalue weighted by atomic mass is 19.1. The van der Waals surface area contributed by atoms with E-state index in [1.165, 1.54) is 26.0 Å². The van der Waals surface area contributed by atoms with Crippen molar-refractivity contribution in [2.75, 3.05) is 30.5 Å². The summed E-state index contributed by atoms with van der Waals surface area (Å²) in [5.41, 5.74) is 4.44. The Morgan fingerprint density at radius 2 is 2.13 bits per heavy atom. The fourth-order valence-corrected chi connectivity index (χ4v) is 4.69. The number of nitrogens with zero attached hydrogens (tertiary/aromatic N) is 2. The monoisotopic (exact) mass is 407 g/mol. The second kappa shape index (κ2) is 6.39. The van der Waals surface area contributed by atoms with Crippen LogP contribution in [0.2, 0.25) is 0 Å². The molecule has 0 radical (unpaired) electrons. The molecule has 1 saturated carbocycles. The minimum atomic E-state index is -0.390. The summed E-state index contributed by atoms with van der Waals surface area (Å²) in [4.78, 5) is 14.4. The highest BCUT2D eigenvalue weighted by Gasteiger charge is 2.38. The van der Waals surface area contributed by atoms with Crippen molar-refractivity contribution in [1.29, 1.82) is 0 Å². The summed E-state index contributed by atoms with van der Waals surface area (Å²) in [5.74, 6) is 0.749. The van der Waals surface area contributed by atoms with Crippen LogP contribution in [0.4, 0.5) is 15.8 Å². The number of carbonyl (C=O) groups is 1. The van der Waals surface area contributed by atoms with Crippen LogP contribution in [0.1, 0.15) is 35.1 Å². The first-order chi connectivity index (χ1) is 14.6. The maximum absolute atomic E-state index is 13.9. The first-order valence-electron chi connectivity index (χ1n) is 10.3. The Labute approximate surface area is 173 Å². The highest BCUT2D eigenvalue weighted by Crippen LogP contribution is 2.50. The fourth-order valence-electron chi connectivity index (χ4n) is 4.69. The number of hydrogen-bond acceptors (Lipinski definition) is 5. The van der Waals surface area contributed by atoms with E-state index in [9.17, 15) is 9.18 Å². The molecule has 6 rings (SSSR count). The van der Waals surface area contributed by atoms with Crippen LogP contribution in [-0.4, -0.2) is 30.8 Å². The number of carbonyl (C=O) groups excluding carboxylic acids is 1. The van der Waals surface area contributed by atoms with E-state index in [0.29, 0.717) is 23.8 Å². The second-order valence-electron chi connectivity index (χ2n) is 8.28. The van der Waals surface area contributed by atoms with Crippen LogP contribution in [0.3, 0.4) is 0 Å². The number of methoxy groups -OCH3 is 1. The molecule has 1 fully saturated rings. The Morgan fingerprint density at radius 1 is 1.27 bits per heavy atom. The van der Waals surface area contributed by atoms with Crippen LogP contribution < -0.4 is 15.0 Å². The summed E-state index contributed by atoms with van der Waals surface area (Å²) in [7, 11) is 1.37. The van der Waals surface area contributed by atoms with Gasteiger partial charge in [-0.25, -0.2) is 9.18 Å². The van der Waals surface area contributed by atoms with Gasteiger partial charge < -0.3 is 24.3 Å². The van der Waals surface area contributed by atoms with Gasteiger partial charge in [-0.3, -0.25) is 0 Å². The molecule has 3 aliphatic rings. The molecule has 154 valence electrons. The SMILES string of the molecule is COC(=O)c1cc2c3c(c1)OCCN3C(c1cc3cc(F)ccc3n1CC1CC1)N2. The molecule has 6 nitrogen and oxygen atoms in total. The van der Waals surface area contributed by atoms with Crippen LogP contribution >= 0.6 is 0 Å². The van der Waals surface area contributed by atoms with E-state index in [4.69, 9.17) is 9.47 Å². The Morgan fingerprint density at radius 3 is 2.93 bits per heavy atom. The molecule has 30 heavy (non-hydrogen) atoms. The van der Waals surface area contributed by atoms with E-state index >= 15 is 0 Å². The summed E-state index contributed by atoms with van der Waals surface area (Å²) in [6.07, 6.45) is 2.37. The topological polar surface area (TPSA) is 55.7 Å². The molecule has 3 heterocycles. The van der Waals surface area contributed by atoms with E-state index < -0.39 is 5.97 Å². The lowest BCUT2D eigenvalue weighted by molar-refractivity contribution is 0.0600. The van der Waals surface area contributed by atoms with Gasteiger partial charge >= 0.3 is 5.97 Å². The van der Waals surface area contributed by atoms with Crippen molar-refractivity contribution >= 4 is 28.2 Å². The largest absolute Gasteiger partial charge is 0.489 e. The smallest absolute Gasteiger partial charge is 0.338 e. The maximum Gasteiger partial charge on any atom is 0.338 e. The molecule has 2 aliphatic heterocycles.